The molecular formula is C12H14F3NO. The number of rotatable bonds is 3. The molecule has 0 heterocycles. The summed E-state index contributed by atoms with van der Waals surface area (Å²) in [5.41, 5.74) is 3.61. The minimum Gasteiger partial charge on any atom is -0.312 e. The molecule has 1 aromatic rings. The van der Waals surface area contributed by atoms with Gasteiger partial charge in [0.25, 0.3) is 0 Å². The maximum atomic E-state index is 12.5. The summed E-state index contributed by atoms with van der Waals surface area (Å²) in [6, 6.07) is 6.80. The van der Waals surface area contributed by atoms with Crippen molar-refractivity contribution in [2.24, 2.45) is 5.73 Å². The molecule has 2 nitrogen and oxygen atoms in total. The lowest BCUT2D eigenvalue weighted by atomic mass is 9.91. The van der Waals surface area contributed by atoms with Crippen LogP contribution in [0.4, 0.5) is 13.2 Å². The van der Waals surface area contributed by atoms with Gasteiger partial charge in [-0.25, -0.2) is 0 Å². The maximum Gasteiger partial charge on any atom is 0.413 e. The van der Waals surface area contributed by atoms with E-state index in [1.807, 2.05) is 0 Å². The zero-order chi connectivity index (χ0) is 13.3. The molecule has 0 spiro atoms. The molecule has 0 fully saturated rings. The van der Waals surface area contributed by atoms with Gasteiger partial charge in [0.2, 0.25) is 0 Å². The number of hydrogen-bond donors (Lipinski definition) is 1. The molecule has 0 radical (unpaired) electrons. The van der Waals surface area contributed by atoms with Crippen LogP contribution in [0.2, 0.25) is 0 Å². The average Bonchev–Trinajstić information content (AvgIpc) is 2.19. The van der Waals surface area contributed by atoms with Crippen molar-refractivity contribution in [1.82, 2.24) is 0 Å². The van der Waals surface area contributed by atoms with Crippen molar-refractivity contribution >= 4 is 5.78 Å². The van der Waals surface area contributed by atoms with Gasteiger partial charge in [0.05, 0.1) is 0 Å². The highest BCUT2D eigenvalue weighted by Crippen LogP contribution is 2.29. The third-order valence-electron chi connectivity index (χ3n) is 2.78. The SMILES string of the molecule is Cc1ccccc1CC(=O)C(C)(N)C(F)(F)F. The number of halogens is 3. The monoisotopic (exact) mass is 245 g/mol. The molecule has 1 rings (SSSR count). The Kier molecular flexibility index (Phi) is 3.62. The molecule has 0 saturated carbocycles. The van der Waals surface area contributed by atoms with Gasteiger partial charge >= 0.3 is 6.18 Å². The first-order chi connectivity index (χ1) is 7.66. The lowest BCUT2D eigenvalue weighted by Crippen LogP contribution is -2.57. The first-order valence-corrected chi connectivity index (χ1v) is 5.09. The molecule has 1 atom stereocenters. The molecule has 5 heteroatoms. The number of alkyl halides is 3. The Morgan fingerprint density at radius 1 is 1.29 bits per heavy atom. The second-order valence-corrected chi connectivity index (χ2v) is 4.23. The molecule has 0 aliphatic carbocycles. The van der Waals surface area contributed by atoms with Crippen LogP contribution in [-0.4, -0.2) is 17.5 Å². The molecule has 0 aromatic heterocycles. The van der Waals surface area contributed by atoms with E-state index in [0.29, 0.717) is 12.5 Å². The summed E-state index contributed by atoms with van der Waals surface area (Å²) in [5, 5.41) is 0. The molecule has 0 aliphatic rings. The third kappa shape index (κ3) is 2.85. The molecular weight excluding hydrogens is 231 g/mol. The fraction of sp³-hybridized carbons (Fsp3) is 0.417. The largest absolute Gasteiger partial charge is 0.413 e. The van der Waals surface area contributed by atoms with Crippen LogP contribution < -0.4 is 5.73 Å². The van der Waals surface area contributed by atoms with Gasteiger partial charge in [-0.05, 0) is 25.0 Å². The van der Waals surface area contributed by atoms with Gasteiger partial charge in [-0.2, -0.15) is 13.2 Å². The Labute approximate surface area is 97.6 Å². The fourth-order valence-electron chi connectivity index (χ4n) is 1.32. The predicted octanol–water partition coefficient (Wildman–Crippen LogP) is 2.39. The van der Waals surface area contributed by atoms with Gasteiger partial charge in [0.15, 0.2) is 11.3 Å². The van der Waals surface area contributed by atoms with Gasteiger partial charge in [-0.3, -0.25) is 4.79 Å². The second kappa shape index (κ2) is 4.49. The molecule has 17 heavy (non-hydrogen) atoms. The van der Waals surface area contributed by atoms with E-state index in [-0.39, 0.29) is 6.42 Å². The molecule has 1 unspecified atom stereocenters. The molecule has 1 aromatic carbocycles. The van der Waals surface area contributed by atoms with Crippen LogP contribution in [0.1, 0.15) is 18.1 Å². The van der Waals surface area contributed by atoms with Gasteiger partial charge in [0, 0.05) is 6.42 Å². The zero-order valence-corrected chi connectivity index (χ0v) is 9.64. The fourth-order valence-corrected chi connectivity index (χ4v) is 1.32. The van der Waals surface area contributed by atoms with Gasteiger partial charge in [-0.15, -0.1) is 0 Å². The number of ketones is 1. The molecule has 0 bridgehead atoms. The van der Waals surface area contributed by atoms with Crippen LogP contribution in [-0.2, 0) is 11.2 Å². The van der Waals surface area contributed by atoms with E-state index in [0.717, 1.165) is 5.56 Å². The minimum atomic E-state index is -4.73. The number of Topliss-reactive ketones (excluding diaryl/α,β-unsaturated/α-hetero) is 1. The molecule has 0 saturated heterocycles. The molecule has 0 amide bonds. The highest BCUT2D eigenvalue weighted by Gasteiger charge is 2.53. The summed E-state index contributed by atoms with van der Waals surface area (Å²) in [4.78, 5) is 11.6. The molecule has 2 N–H and O–H groups in total. The van der Waals surface area contributed by atoms with Crippen molar-refractivity contribution in [3.8, 4) is 0 Å². The Hall–Kier alpha value is -1.36. The van der Waals surface area contributed by atoms with E-state index < -0.39 is 17.5 Å². The van der Waals surface area contributed by atoms with Crippen LogP contribution >= 0.6 is 0 Å². The topological polar surface area (TPSA) is 43.1 Å². The quantitative estimate of drug-likeness (QED) is 0.888. The van der Waals surface area contributed by atoms with Crippen molar-refractivity contribution in [3.05, 3.63) is 35.4 Å². The van der Waals surface area contributed by atoms with Crippen molar-refractivity contribution in [2.45, 2.75) is 32.0 Å². The van der Waals surface area contributed by atoms with Gasteiger partial charge in [-0.1, -0.05) is 24.3 Å². The Morgan fingerprint density at radius 2 is 1.82 bits per heavy atom. The lowest BCUT2D eigenvalue weighted by molar-refractivity contribution is -0.185. The summed E-state index contributed by atoms with van der Waals surface area (Å²) in [7, 11) is 0. The average molecular weight is 245 g/mol. The summed E-state index contributed by atoms with van der Waals surface area (Å²) >= 11 is 0. The third-order valence-corrected chi connectivity index (χ3v) is 2.78. The number of carbonyl (C=O) groups is 1. The Morgan fingerprint density at radius 3 is 2.29 bits per heavy atom. The summed E-state index contributed by atoms with van der Waals surface area (Å²) in [6.45, 7) is 2.44. The smallest absolute Gasteiger partial charge is 0.312 e. The highest BCUT2D eigenvalue weighted by atomic mass is 19.4. The Balaban J connectivity index is 2.91. The van der Waals surface area contributed by atoms with Gasteiger partial charge < -0.3 is 5.73 Å². The van der Waals surface area contributed by atoms with Crippen LogP contribution in [0.3, 0.4) is 0 Å². The normalized spacial score (nSPS) is 15.4. The highest BCUT2D eigenvalue weighted by molar-refractivity contribution is 5.90. The van der Waals surface area contributed by atoms with E-state index in [4.69, 9.17) is 5.73 Å². The van der Waals surface area contributed by atoms with E-state index in [9.17, 15) is 18.0 Å². The van der Waals surface area contributed by atoms with Crippen LogP contribution in [0.5, 0.6) is 0 Å². The first kappa shape index (κ1) is 13.7. The zero-order valence-electron chi connectivity index (χ0n) is 9.64. The van der Waals surface area contributed by atoms with Crippen LogP contribution in [0.25, 0.3) is 0 Å². The van der Waals surface area contributed by atoms with Crippen LogP contribution in [0, 0.1) is 6.92 Å². The standard InChI is InChI=1S/C12H14F3NO/c1-8-5-3-4-6-9(8)7-10(17)11(2,16)12(13,14)15/h3-6H,7,16H2,1-2H3. The van der Waals surface area contributed by atoms with Crippen molar-refractivity contribution in [2.75, 3.05) is 0 Å². The molecule has 0 aliphatic heterocycles. The predicted molar refractivity (Wildman–Crippen MR) is 58.5 cm³/mol. The molecule has 94 valence electrons. The summed E-state index contributed by atoms with van der Waals surface area (Å²) in [6.07, 6.45) is -5.04. The number of benzene rings is 1. The number of carbonyl (C=O) groups excluding carboxylic acids is 1. The van der Waals surface area contributed by atoms with Gasteiger partial charge in [0.1, 0.15) is 0 Å². The van der Waals surface area contributed by atoms with Crippen LogP contribution in [0.15, 0.2) is 24.3 Å². The van der Waals surface area contributed by atoms with Crippen molar-refractivity contribution in [1.29, 1.82) is 0 Å². The number of nitrogens with two attached hydrogens (primary N) is 1. The van der Waals surface area contributed by atoms with E-state index >= 15 is 0 Å². The lowest BCUT2D eigenvalue weighted by Gasteiger charge is -2.26. The maximum absolute atomic E-state index is 12.5. The van der Waals surface area contributed by atoms with Crippen molar-refractivity contribution in [3.63, 3.8) is 0 Å². The van der Waals surface area contributed by atoms with Crippen molar-refractivity contribution < 1.29 is 18.0 Å². The van der Waals surface area contributed by atoms with E-state index in [2.05, 4.69) is 0 Å². The summed E-state index contributed by atoms with van der Waals surface area (Å²) < 4.78 is 37.6. The Bertz CT molecular complexity index is 424. The van der Waals surface area contributed by atoms with E-state index in [1.54, 1.807) is 31.2 Å². The first-order valence-electron chi connectivity index (χ1n) is 5.09. The number of hydrogen-bond acceptors (Lipinski definition) is 2. The number of aryl methyl sites for hydroxylation is 1. The second-order valence-electron chi connectivity index (χ2n) is 4.23. The van der Waals surface area contributed by atoms with E-state index in [1.165, 1.54) is 0 Å². The minimum absolute atomic E-state index is 0.306. The summed E-state index contributed by atoms with van der Waals surface area (Å²) in [5.74, 6) is -1.03.